The predicted octanol–water partition coefficient (Wildman–Crippen LogP) is 3.36. The third kappa shape index (κ3) is 9.02. The number of rotatable bonds is 12. The van der Waals surface area contributed by atoms with Crippen molar-refractivity contribution in [3.05, 3.63) is 30.3 Å². The van der Waals surface area contributed by atoms with E-state index in [9.17, 15) is 24.2 Å². The lowest BCUT2D eigenvalue weighted by Gasteiger charge is -2.36. The Morgan fingerprint density at radius 2 is 1.69 bits per heavy atom. The first kappa shape index (κ1) is 29.5. The smallest absolute Gasteiger partial charge is 0.244 e. The Bertz CT molecular complexity index is 858. The highest BCUT2D eigenvalue weighted by Gasteiger charge is 2.37. The Hall–Kier alpha value is -1.73. The van der Waals surface area contributed by atoms with Crippen molar-refractivity contribution in [3.8, 4) is 0 Å². The molecule has 198 valence electrons. The highest BCUT2D eigenvalue weighted by molar-refractivity contribution is 7.58. The minimum absolute atomic E-state index is 0.116. The van der Waals surface area contributed by atoms with Crippen LogP contribution >= 0.6 is 7.37 Å². The lowest BCUT2D eigenvalue weighted by atomic mass is 9.91. The summed E-state index contributed by atoms with van der Waals surface area (Å²) in [5, 5.41) is 13.2. The highest BCUT2D eigenvalue weighted by Crippen LogP contribution is 2.45. The van der Waals surface area contributed by atoms with E-state index in [4.69, 9.17) is 5.73 Å². The average Bonchev–Trinajstić information content (AvgIpc) is 2.80. The third-order valence-electron chi connectivity index (χ3n) is 6.73. The molecule has 1 aromatic carbocycles. The number of nitrogens with zero attached hydrogens (tertiary/aromatic N) is 1. The third-order valence-corrected chi connectivity index (χ3v) is 8.81. The number of nitrogens with two attached hydrogens (primary N) is 1. The van der Waals surface area contributed by atoms with Gasteiger partial charge in [0.25, 0.3) is 0 Å². The maximum atomic E-state index is 13.4. The second-order valence-electron chi connectivity index (χ2n) is 10.6. The molecule has 0 saturated heterocycles. The molecule has 35 heavy (non-hydrogen) atoms. The van der Waals surface area contributed by atoms with E-state index < -0.39 is 31.5 Å². The number of carbonyl (C=O) groups is 2. The van der Waals surface area contributed by atoms with E-state index in [1.54, 1.807) is 24.3 Å². The van der Waals surface area contributed by atoms with E-state index in [0.29, 0.717) is 5.69 Å². The van der Waals surface area contributed by atoms with E-state index in [0.717, 1.165) is 25.7 Å². The molecule has 0 radical (unpaired) electrons. The fraction of sp³-hybridized carbons (Fsp3) is 0.692. The van der Waals surface area contributed by atoms with Crippen molar-refractivity contribution in [2.45, 2.75) is 78.0 Å². The van der Waals surface area contributed by atoms with Crippen LogP contribution in [0.4, 0.5) is 5.69 Å². The summed E-state index contributed by atoms with van der Waals surface area (Å²) in [4.78, 5) is 38.5. The summed E-state index contributed by atoms with van der Waals surface area (Å²) in [7, 11) is -3.51. The van der Waals surface area contributed by atoms with E-state index in [1.165, 1.54) is 11.3 Å². The molecule has 4 atom stereocenters. The fourth-order valence-corrected chi connectivity index (χ4v) is 6.85. The first-order valence-corrected chi connectivity index (χ1v) is 14.9. The van der Waals surface area contributed by atoms with Crippen molar-refractivity contribution in [2.24, 2.45) is 23.5 Å². The van der Waals surface area contributed by atoms with Crippen LogP contribution in [-0.2, 0) is 14.2 Å². The van der Waals surface area contributed by atoms with Crippen molar-refractivity contribution in [3.63, 3.8) is 0 Å². The van der Waals surface area contributed by atoms with Crippen LogP contribution in [0.1, 0.15) is 59.8 Å². The molecule has 8 nitrogen and oxygen atoms in total. The van der Waals surface area contributed by atoms with Gasteiger partial charge in [-0.3, -0.25) is 19.1 Å². The number of amides is 2. The van der Waals surface area contributed by atoms with Gasteiger partial charge >= 0.3 is 0 Å². The van der Waals surface area contributed by atoms with Gasteiger partial charge in [0, 0.05) is 18.4 Å². The van der Waals surface area contributed by atoms with Gasteiger partial charge in [0.15, 0.2) is 0 Å². The molecule has 0 aromatic heterocycles. The molecule has 1 unspecified atom stereocenters. The van der Waals surface area contributed by atoms with Gasteiger partial charge in [-0.15, -0.1) is 0 Å². The molecule has 5 N–H and O–H groups in total. The molecule has 9 heteroatoms. The molecule has 0 heterocycles. The fourth-order valence-electron chi connectivity index (χ4n) is 4.74. The second kappa shape index (κ2) is 13.5. The molecule has 1 fully saturated rings. The molecule has 0 spiro atoms. The number of para-hydroxylation sites is 1. The van der Waals surface area contributed by atoms with Gasteiger partial charge < -0.3 is 21.1 Å². The number of aliphatic hydroxyl groups is 1. The van der Waals surface area contributed by atoms with Crippen LogP contribution in [0.15, 0.2) is 30.3 Å². The van der Waals surface area contributed by atoms with E-state index in [2.05, 4.69) is 5.32 Å². The summed E-state index contributed by atoms with van der Waals surface area (Å²) >= 11 is 0. The first-order valence-electron chi connectivity index (χ1n) is 12.8. The largest absolute Gasteiger partial charge is 0.391 e. The molecule has 1 saturated carbocycles. The van der Waals surface area contributed by atoms with E-state index >= 15 is 0 Å². The summed E-state index contributed by atoms with van der Waals surface area (Å²) in [6, 6.07) is 7.29. The van der Waals surface area contributed by atoms with Crippen molar-refractivity contribution in [1.29, 1.82) is 0 Å². The molecule has 2 rings (SSSR count). The van der Waals surface area contributed by atoms with Gasteiger partial charge in [-0.1, -0.05) is 65.2 Å². The minimum atomic E-state index is -3.51. The quantitative estimate of drug-likeness (QED) is 0.320. The zero-order chi connectivity index (χ0) is 26.2. The summed E-state index contributed by atoms with van der Waals surface area (Å²) in [6.07, 6.45) is 4.05. The van der Waals surface area contributed by atoms with Crippen LogP contribution in [0.2, 0.25) is 0 Å². The van der Waals surface area contributed by atoms with Gasteiger partial charge in [-0.25, -0.2) is 0 Å². The summed E-state index contributed by atoms with van der Waals surface area (Å²) < 4.78 is 12.7. The molecule has 0 bridgehead atoms. The summed E-state index contributed by atoms with van der Waals surface area (Å²) in [5.41, 5.74) is 6.75. The van der Waals surface area contributed by atoms with Crippen LogP contribution in [0, 0.1) is 17.8 Å². The molecule has 0 aliphatic heterocycles. The molecule has 1 aliphatic rings. The summed E-state index contributed by atoms with van der Waals surface area (Å²) in [6.45, 7) is 7.23. The predicted molar refractivity (Wildman–Crippen MR) is 141 cm³/mol. The Labute approximate surface area is 210 Å². The van der Waals surface area contributed by atoms with Crippen molar-refractivity contribution < 1.29 is 24.2 Å². The molecular formula is C26H44N3O5P. The maximum Gasteiger partial charge on any atom is 0.244 e. The standard InChI is InChI=1S/C26H44N3O5P/c1-18(2)23(27)26(32)29(21-13-9-6-10-14-21)24(19(3)4)25(31)28-15-22(30)17-35(33,34)16-20-11-7-5-8-12-20/h6,9-10,13-14,18-20,22-24,30H,5,7-8,11-12,15-17,27H2,1-4H3,(H,28,31)(H,33,34)/t22-,23+,24+/m1/s1. The lowest BCUT2D eigenvalue weighted by Crippen LogP contribution is -2.58. The topological polar surface area (TPSA) is 133 Å². The normalized spacial score (nSPS) is 19.1. The van der Waals surface area contributed by atoms with E-state index in [-0.39, 0.29) is 42.5 Å². The minimum Gasteiger partial charge on any atom is -0.391 e. The number of aliphatic hydroxyl groups excluding tert-OH is 1. The number of hydrogen-bond acceptors (Lipinski definition) is 5. The Morgan fingerprint density at radius 1 is 1.09 bits per heavy atom. The van der Waals surface area contributed by atoms with E-state index in [1.807, 2.05) is 33.8 Å². The van der Waals surface area contributed by atoms with Gasteiger partial charge in [0.05, 0.1) is 18.3 Å². The SMILES string of the molecule is CC(C)[C@H](N)C(=O)N(c1ccccc1)[C@H](C(=O)NC[C@@H](O)CP(=O)(O)CC1CCCCC1)C(C)C. The van der Waals surface area contributed by atoms with Crippen LogP contribution in [0.5, 0.6) is 0 Å². The van der Waals surface area contributed by atoms with Crippen LogP contribution < -0.4 is 16.0 Å². The number of carbonyl (C=O) groups excluding carboxylic acids is 2. The van der Waals surface area contributed by atoms with Crippen molar-refractivity contribution >= 4 is 24.9 Å². The Morgan fingerprint density at radius 3 is 2.23 bits per heavy atom. The number of nitrogens with one attached hydrogen (secondary N) is 1. The average molecular weight is 510 g/mol. The highest BCUT2D eigenvalue weighted by atomic mass is 31.2. The summed E-state index contributed by atoms with van der Waals surface area (Å²) in [5.74, 6) is -0.928. The van der Waals surface area contributed by atoms with Gasteiger partial charge in [-0.2, -0.15) is 0 Å². The van der Waals surface area contributed by atoms with Crippen LogP contribution in [0.3, 0.4) is 0 Å². The Balaban J connectivity index is 2.10. The maximum absolute atomic E-state index is 13.4. The van der Waals surface area contributed by atoms with Gasteiger partial charge in [-0.05, 0) is 42.7 Å². The monoisotopic (exact) mass is 509 g/mol. The number of hydrogen-bond donors (Lipinski definition) is 4. The number of anilines is 1. The van der Waals surface area contributed by atoms with Crippen molar-refractivity contribution in [2.75, 3.05) is 23.8 Å². The molecule has 1 aliphatic carbocycles. The van der Waals surface area contributed by atoms with Gasteiger partial charge in [0.1, 0.15) is 6.04 Å². The van der Waals surface area contributed by atoms with Crippen LogP contribution in [-0.4, -0.2) is 58.9 Å². The molecular weight excluding hydrogens is 465 g/mol. The zero-order valence-corrected chi connectivity index (χ0v) is 22.5. The lowest BCUT2D eigenvalue weighted by molar-refractivity contribution is -0.128. The second-order valence-corrected chi connectivity index (χ2v) is 13.0. The Kier molecular flexibility index (Phi) is 11.4. The number of benzene rings is 1. The van der Waals surface area contributed by atoms with Crippen LogP contribution in [0.25, 0.3) is 0 Å². The first-order chi connectivity index (χ1) is 16.4. The van der Waals surface area contributed by atoms with Gasteiger partial charge in [0.2, 0.25) is 19.2 Å². The molecule has 2 amide bonds. The molecule has 1 aromatic rings. The zero-order valence-electron chi connectivity index (χ0n) is 21.6. The van der Waals surface area contributed by atoms with Crippen molar-refractivity contribution in [1.82, 2.24) is 5.32 Å².